The van der Waals surface area contributed by atoms with Crippen LogP contribution in [0.15, 0.2) is 16.8 Å². The molecule has 0 unspecified atom stereocenters. The molecule has 1 atom stereocenters. The Morgan fingerprint density at radius 3 is 3.15 bits per heavy atom. The number of rotatable bonds is 2. The summed E-state index contributed by atoms with van der Waals surface area (Å²) in [4.78, 5) is 4.27. The van der Waals surface area contributed by atoms with Gasteiger partial charge < -0.3 is 15.2 Å². The van der Waals surface area contributed by atoms with Crippen LogP contribution in [0.2, 0.25) is 0 Å². The van der Waals surface area contributed by atoms with Crippen molar-refractivity contribution in [2.75, 3.05) is 20.3 Å². The van der Waals surface area contributed by atoms with E-state index in [1.54, 1.807) is 7.11 Å². The second-order valence-electron chi connectivity index (χ2n) is 2.99. The van der Waals surface area contributed by atoms with Gasteiger partial charge in [0.1, 0.15) is 0 Å². The molecule has 1 heterocycles. The van der Waals surface area contributed by atoms with Crippen LogP contribution in [-0.4, -0.2) is 32.3 Å². The van der Waals surface area contributed by atoms with E-state index in [-0.39, 0.29) is 6.10 Å². The highest BCUT2D eigenvalue weighted by Crippen LogP contribution is 2.08. The summed E-state index contributed by atoms with van der Waals surface area (Å²) in [5, 5.41) is 0. The van der Waals surface area contributed by atoms with Gasteiger partial charge in [0.2, 0.25) is 5.90 Å². The first-order chi connectivity index (χ1) is 6.27. The fourth-order valence-corrected chi connectivity index (χ4v) is 1.11. The minimum absolute atomic E-state index is 0.170. The summed E-state index contributed by atoms with van der Waals surface area (Å²) in [6.45, 7) is 3.17. The Labute approximate surface area is 78.4 Å². The standard InChI is InChI=1S/C9H16N2O2/c1-7(5-10)9-11-6-8(12-2)3-4-13-9/h5,8H,3-4,6,10H2,1-2H3/b7-5-/t8-/m0/s1. The largest absolute Gasteiger partial charge is 0.478 e. The van der Waals surface area contributed by atoms with Gasteiger partial charge in [0.15, 0.2) is 0 Å². The molecule has 2 N–H and O–H groups in total. The van der Waals surface area contributed by atoms with E-state index < -0.39 is 0 Å². The van der Waals surface area contributed by atoms with Gasteiger partial charge in [-0.1, -0.05) is 0 Å². The highest BCUT2D eigenvalue weighted by atomic mass is 16.5. The fraction of sp³-hybridized carbons (Fsp3) is 0.667. The van der Waals surface area contributed by atoms with Crippen molar-refractivity contribution in [3.05, 3.63) is 11.8 Å². The van der Waals surface area contributed by atoms with Crippen molar-refractivity contribution in [1.82, 2.24) is 0 Å². The topological polar surface area (TPSA) is 56.8 Å². The highest BCUT2D eigenvalue weighted by Gasteiger charge is 2.13. The van der Waals surface area contributed by atoms with E-state index in [1.165, 1.54) is 6.20 Å². The van der Waals surface area contributed by atoms with Crippen molar-refractivity contribution < 1.29 is 9.47 Å². The van der Waals surface area contributed by atoms with Crippen molar-refractivity contribution in [3.63, 3.8) is 0 Å². The Morgan fingerprint density at radius 1 is 1.77 bits per heavy atom. The summed E-state index contributed by atoms with van der Waals surface area (Å²) in [5.41, 5.74) is 6.24. The molecule has 0 aromatic rings. The molecule has 13 heavy (non-hydrogen) atoms. The minimum atomic E-state index is 0.170. The number of hydrogen-bond acceptors (Lipinski definition) is 4. The minimum Gasteiger partial charge on any atom is -0.478 e. The molecule has 1 aliphatic rings. The summed E-state index contributed by atoms with van der Waals surface area (Å²) >= 11 is 0. The van der Waals surface area contributed by atoms with Gasteiger partial charge in [0.25, 0.3) is 0 Å². The van der Waals surface area contributed by atoms with Crippen LogP contribution in [0.25, 0.3) is 0 Å². The van der Waals surface area contributed by atoms with Gasteiger partial charge in [0.05, 0.1) is 19.3 Å². The molecule has 0 aliphatic carbocycles. The van der Waals surface area contributed by atoms with Crippen molar-refractivity contribution in [2.24, 2.45) is 10.7 Å². The molecule has 0 amide bonds. The second-order valence-corrected chi connectivity index (χ2v) is 2.99. The molecule has 1 rings (SSSR count). The molecule has 4 nitrogen and oxygen atoms in total. The predicted octanol–water partition coefficient (Wildman–Crippen LogP) is 0.683. The van der Waals surface area contributed by atoms with Crippen LogP contribution >= 0.6 is 0 Å². The van der Waals surface area contributed by atoms with Gasteiger partial charge in [0, 0.05) is 25.3 Å². The lowest BCUT2D eigenvalue weighted by atomic mass is 10.3. The maximum absolute atomic E-state index is 5.41. The lowest BCUT2D eigenvalue weighted by Gasteiger charge is -2.07. The first-order valence-electron chi connectivity index (χ1n) is 4.37. The Morgan fingerprint density at radius 2 is 2.54 bits per heavy atom. The maximum Gasteiger partial charge on any atom is 0.213 e. The van der Waals surface area contributed by atoms with Gasteiger partial charge in [-0.25, -0.2) is 4.99 Å². The molecule has 74 valence electrons. The third-order valence-corrected chi connectivity index (χ3v) is 2.04. The normalized spacial score (nSPS) is 24.6. The lowest BCUT2D eigenvalue weighted by Crippen LogP contribution is -2.14. The zero-order chi connectivity index (χ0) is 9.68. The smallest absolute Gasteiger partial charge is 0.213 e. The first-order valence-corrected chi connectivity index (χ1v) is 4.37. The molecule has 0 bridgehead atoms. The molecule has 0 aromatic carbocycles. The summed E-state index contributed by atoms with van der Waals surface area (Å²) < 4.78 is 10.6. The first kappa shape index (κ1) is 10.1. The van der Waals surface area contributed by atoms with Crippen LogP contribution in [0.5, 0.6) is 0 Å². The summed E-state index contributed by atoms with van der Waals surface area (Å²) in [5.74, 6) is 0.641. The Bertz CT molecular complexity index is 224. The predicted molar refractivity (Wildman–Crippen MR) is 51.6 cm³/mol. The van der Waals surface area contributed by atoms with Gasteiger partial charge in [-0.2, -0.15) is 0 Å². The number of aliphatic imine (C=N–C) groups is 1. The van der Waals surface area contributed by atoms with E-state index in [0.29, 0.717) is 19.0 Å². The van der Waals surface area contributed by atoms with Crippen molar-refractivity contribution >= 4 is 5.90 Å². The zero-order valence-electron chi connectivity index (χ0n) is 8.12. The van der Waals surface area contributed by atoms with Crippen LogP contribution in [0.1, 0.15) is 13.3 Å². The van der Waals surface area contributed by atoms with E-state index >= 15 is 0 Å². The summed E-state index contributed by atoms with van der Waals surface area (Å²) in [6, 6.07) is 0. The third-order valence-electron chi connectivity index (χ3n) is 2.04. The van der Waals surface area contributed by atoms with Gasteiger partial charge in [-0.3, -0.25) is 0 Å². The van der Waals surface area contributed by atoms with Gasteiger partial charge in [-0.15, -0.1) is 0 Å². The molecule has 1 aliphatic heterocycles. The van der Waals surface area contributed by atoms with Crippen molar-refractivity contribution in [1.29, 1.82) is 0 Å². The van der Waals surface area contributed by atoms with Crippen molar-refractivity contribution in [3.8, 4) is 0 Å². The van der Waals surface area contributed by atoms with Crippen LogP contribution in [0.4, 0.5) is 0 Å². The molecular weight excluding hydrogens is 168 g/mol. The Hall–Kier alpha value is -1.03. The molecule has 4 heteroatoms. The molecule has 0 saturated carbocycles. The fourth-order valence-electron chi connectivity index (χ4n) is 1.11. The van der Waals surface area contributed by atoms with Crippen LogP contribution < -0.4 is 5.73 Å². The monoisotopic (exact) mass is 184 g/mol. The van der Waals surface area contributed by atoms with Gasteiger partial charge in [-0.05, 0) is 6.92 Å². The third kappa shape index (κ3) is 2.73. The lowest BCUT2D eigenvalue weighted by molar-refractivity contribution is 0.0930. The molecule has 0 radical (unpaired) electrons. The van der Waals surface area contributed by atoms with Crippen LogP contribution in [-0.2, 0) is 9.47 Å². The highest BCUT2D eigenvalue weighted by molar-refractivity contribution is 5.92. The Kier molecular flexibility index (Phi) is 3.76. The second kappa shape index (κ2) is 4.87. The van der Waals surface area contributed by atoms with E-state index in [2.05, 4.69) is 4.99 Å². The molecule has 0 fully saturated rings. The molecule has 0 spiro atoms. The summed E-state index contributed by atoms with van der Waals surface area (Å²) in [7, 11) is 1.69. The van der Waals surface area contributed by atoms with E-state index in [4.69, 9.17) is 15.2 Å². The maximum atomic E-state index is 5.41. The summed E-state index contributed by atoms with van der Waals surface area (Å²) in [6.07, 6.45) is 2.55. The number of ether oxygens (including phenoxy) is 2. The van der Waals surface area contributed by atoms with E-state index in [1.807, 2.05) is 6.92 Å². The Balaban J connectivity index is 2.61. The SMILES string of the molecule is CO[C@H]1CCOC(/C(C)=C\N)=NC1. The molecule has 0 saturated heterocycles. The average molecular weight is 184 g/mol. The van der Waals surface area contributed by atoms with E-state index in [9.17, 15) is 0 Å². The van der Waals surface area contributed by atoms with Crippen molar-refractivity contribution in [2.45, 2.75) is 19.4 Å². The van der Waals surface area contributed by atoms with E-state index in [0.717, 1.165) is 12.0 Å². The quantitative estimate of drug-likeness (QED) is 0.686. The molecule has 0 aromatic heterocycles. The zero-order valence-corrected chi connectivity index (χ0v) is 8.12. The number of nitrogens with two attached hydrogens (primary N) is 1. The van der Waals surface area contributed by atoms with Crippen LogP contribution in [0.3, 0.4) is 0 Å². The average Bonchev–Trinajstić information content (AvgIpc) is 2.41. The number of methoxy groups -OCH3 is 1. The number of nitrogens with zero attached hydrogens (tertiary/aromatic N) is 1. The van der Waals surface area contributed by atoms with Crippen LogP contribution in [0, 0.1) is 0 Å². The van der Waals surface area contributed by atoms with Gasteiger partial charge >= 0.3 is 0 Å². The molecular formula is C9H16N2O2. The number of hydrogen-bond donors (Lipinski definition) is 1.